The molecule has 6 nitrogen and oxygen atoms in total. The van der Waals surface area contributed by atoms with Crippen LogP contribution in [0.15, 0.2) is 18.2 Å². The zero-order valence-electron chi connectivity index (χ0n) is 13.8. The minimum atomic E-state index is -0.590. The Hall–Kier alpha value is -2.70. The van der Waals surface area contributed by atoms with Gasteiger partial charge in [-0.15, -0.1) is 0 Å². The molecule has 1 aromatic heterocycles. The molecule has 0 saturated carbocycles. The average Bonchev–Trinajstić information content (AvgIpc) is 2.50. The van der Waals surface area contributed by atoms with Crippen LogP contribution in [0.2, 0.25) is 0 Å². The molecule has 0 saturated heterocycles. The first-order chi connectivity index (χ1) is 10.8. The summed E-state index contributed by atoms with van der Waals surface area (Å²) in [6.45, 7) is 3.57. The van der Waals surface area contributed by atoms with Crippen molar-refractivity contribution in [3.05, 3.63) is 41.0 Å². The third kappa shape index (κ3) is 3.56. The maximum Gasteiger partial charge on any atom is 0.255 e. The molecular weight excluding hydrogens is 299 g/mol. The van der Waals surface area contributed by atoms with Crippen LogP contribution in [0.25, 0.3) is 0 Å². The predicted octanol–water partition coefficient (Wildman–Crippen LogP) is 2.56. The zero-order chi connectivity index (χ0) is 17.1. The molecule has 1 aromatic carbocycles. The van der Waals surface area contributed by atoms with Crippen LogP contribution >= 0.6 is 0 Å². The molecular formula is C16H19FN4O2. The summed E-state index contributed by atoms with van der Waals surface area (Å²) in [5.74, 6) is -0.368. The number of aryl methyl sites for hydroxylation is 2. The first kappa shape index (κ1) is 16.7. The molecule has 0 bridgehead atoms. The lowest BCUT2D eigenvalue weighted by atomic mass is 10.2. The second kappa shape index (κ2) is 6.60. The number of rotatable bonds is 4. The molecule has 0 unspecified atom stereocenters. The van der Waals surface area contributed by atoms with Crippen LogP contribution in [0, 0.1) is 19.7 Å². The van der Waals surface area contributed by atoms with Crippen LogP contribution in [0.1, 0.15) is 21.7 Å². The van der Waals surface area contributed by atoms with Crippen LogP contribution in [0.3, 0.4) is 0 Å². The van der Waals surface area contributed by atoms with Gasteiger partial charge < -0.3 is 15.0 Å². The molecule has 1 heterocycles. The fraction of sp³-hybridized carbons (Fsp3) is 0.312. The molecule has 2 aromatic rings. The number of carbonyl (C=O) groups excluding carboxylic acids is 1. The van der Waals surface area contributed by atoms with Gasteiger partial charge >= 0.3 is 0 Å². The van der Waals surface area contributed by atoms with E-state index in [1.807, 2.05) is 14.1 Å². The smallest absolute Gasteiger partial charge is 0.255 e. The molecule has 0 aliphatic rings. The van der Waals surface area contributed by atoms with E-state index in [1.54, 1.807) is 18.7 Å². The van der Waals surface area contributed by atoms with Gasteiger partial charge in [-0.1, -0.05) is 0 Å². The number of halogens is 1. The van der Waals surface area contributed by atoms with Gasteiger partial charge in [-0.25, -0.2) is 14.4 Å². The van der Waals surface area contributed by atoms with E-state index in [9.17, 15) is 9.18 Å². The first-order valence-corrected chi connectivity index (χ1v) is 7.01. The Morgan fingerprint density at radius 3 is 2.30 bits per heavy atom. The molecule has 1 N–H and O–H groups in total. The van der Waals surface area contributed by atoms with Crippen molar-refractivity contribution in [2.45, 2.75) is 13.8 Å². The van der Waals surface area contributed by atoms with Crippen molar-refractivity contribution in [1.29, 1.82) is 0 Å². The summed E-state index contributed by atoms with van der Waals surface area (Å²) >= 11 is 0. The topological polar surface area (TPSA) is 67.3 Å². The number of nitrogens with zero attached hydrogens (tertiary/aromatic N) is 3. The van der Waals surface area contributed by atoms with E-state index in [1.165, 1.54) is 19.2 Å². The highest BCUT2D eigenvalue weighted by atomic mass is 19.1. The summed E-state index contributed by atoms with van der Waals surface area (Å²) in [6, 6.07) is 4.04. The maximum absolute atomic E-state index is 13.7. The minimum Gasteiger partial charge on any atom is -0.494 e. The quantitative estimate of drug-likeness (QED) is 0.938. The fourth-order valence-corrected chi connectivity index (χ4v) is 2.07. The molecule has 0 fully saturated rings. The molecule has 0 atom stereocenters. The van der Waals surface area contributed by atoms with E-state index in [4.69, 9.17) is 4.74 Å². The van der Waals surface area contributed by atoms with Crippen LogP contribution in [0.5, 0.6) is 5.75 Å². The number of hydrogen-bond acceptors (Lipinski definition) is 5. The van der Waals surface area contributed by atoms with Gasteiger partial charge in [0.25, 0.3) is 5.91 Å². The van der Waals surface area contributed by atoms with Gasteiger partial charge in [0.05, 0.1) is 24.2 Å². The summed E-state index contributed by atoms with van der Waals surface area (Å²) in [6.07, 6.45) is 0. The second-order valence-electron chi connectivity index (χ2n) is 5.27. The van der Waals surface area contributed by atoms with Crippen LogP contribution in [-0.2, 0) is 0 Å². The van der Waals surface area contributed by atoms with E-state index in [0.717, 1.165) is 6.07 Å². The molecule has 1 amide bonds. The third-order valence-corrected chi connectivity index (χ3v) is 3.31. The Bertz CT molecular complexity index is 724. The highest BCUT2D eigenvalue weighted by Crippen LogP contribution is 2.22. The largest absolute Gasteiger partial charge is 0.494 e. The Balaban J connectivity index is 2.28. The number of amides is 1. The number of ether oxygens (including phenoxy) is 1. The summed E-state index contributed by atoms with van der Waals surface area (Å²) in [4.78, 5) is 22.7. The van der Waals surface area contributed by atoms with E-state index in [2.05, 4.69) is 15.3 Å². The van der Waals surface area contributed by atoms with Crippen molar-refractivity contribution in [3.8, 4) is 5.75 Å². The Kier molecular flexibility index (Phi) is 4.78. The van der Waals surface area contributed by atoms with Crippen LogP contribution < -0.4 is 15.0 Å². The zero-order valence-corrected chi connectivity index (χ0v) is 13.8. The Morgan fingerprint density at radius 2 is 1.83 bits per heavy atom. The maximum atomic E-state index is 13.7. The lowest BCUT2D eigenvalue weighted by Gasteiger charge is -2.15. The van der Waals surface area contributed by atoms with E-state index in [-0.39, 0.29) is 11.3 Å². The molecule has 0 spiro atoms. The highest BCUT2D eigenvalue weighted by molar-refractivity contribution is 6.04. The molecule has 7 heteroatoms. The predicted molar refractivity (Wildman–Crippen MR) is 86.7 cm³/mol. The number of carbonyl (C=O) groups is 1. The lowest BCUT2D eigenvalue weighted by Crippen LogP contribution is -2.18. The fourth-order valence-electron chi connectivity index (χ4n) is 2.07. The second-order valence-corrected chi connectivity index (χ2v) is 5.27. The van der Waals surface area contributed by atoms with Gasteiger partial charge in [-0.05, 0) is 32.0 Å². The van der Waals surface area contributed by atoms with E-state index < -0.39 is 11.7 Å². The van der Waals surface area contributed by atoms with Crippen molar-refractivity contribution >= 4 is 17.5 Å². The third-order valence-electron chi connectivity index (χ3n) is 3.31. The number of methoxy groups -OCH3 is 1. The molecule has 2 rings (SSSR count). The summed E-state index contributed by atoms with van der Waals surface area (Å²) in [7, 11) is 5.05. The van der Waals surface area contributed by atoms with E-state index >= 15 is 0 Å². The number of aromatic nitrogens is 2. The Morgan fingerprint density at radius 1 is 1.22 bits per heavy atom. The van der Waals surface area contributed by atoms with Crippen LogP contribution in [-0.4, -0.2) is 37.1 Å². The SMILES string of the molecule is COc1ccc(C(=O)Nc2c(C)nc(N(C)C)nc2C)cc1F. The summed E-state index contributed by atoms with van der Waals surface area (Å²) < 4.78 is 18.6. The van der Waals surface area contributed by atoms with Gasteiger partial charge in [0.1, 0.15) is 0 Å². The first-order valence-electron chi connectivity index (χ1n) is 7.01. The Labute approximate surface area is 134 Å². The standard InChI is InChI=1S/C16H19FN4O2/c1-9-14(10(2)19-16(18-9)21(3)4)20-15(22)11-6-7-13(23-5)12(17)8-11/h6-8H,1-5H3,(H,20,22). The van der Waals surface area contributed by atoms with Gasteiger partial charge in [0.2, 0.25) is 5.95 Å². The molecule has 0 aliphatic heterocycles. The van der Waals surface area contributed by atoms with Gasteiger partial charge in [-0.3, -0.25) is 4.79 Å². The summed E-state index contributed by atoms with van der Waals surface area (Å²) in [5.41, 5.74) is 2.00. The van der Waals surface area contributed by atoms with Crippen molar-refractivity contribution in [2.24, 2.45) is 0 Å². The van der Waals surface area contributed by atoms with Crippen molar-refractivity contribution in [3.63, 3.8) is 0 Å². The molecule has 0 aliphatic carbocycles. The number of benzene rings is 1. The van der Waals surface area contributed by atoms with Crippen molar-refractivity contribution in [1.82, 2.24) is 9.97 Å². The number of anilines is 2. The van der Waals surface area contributed by atoms with Gasteiger partial charge in [-0.2, -0.15) is 0 Å². The average molecular weight is 318 g/mol. The minimum absolute atomic E-state index is 0.0904. The van der Waals surface area contributed by atoms with Crippen molar-refractivity contribution in [2.75, 3.05) is 31.4 Å². The number of nitrogens with one attached hydrogen (secondary N) is 1. The number of hydrogen-bond donors (Lipinski definition) is 1. The van der Waals surface area contributed by atoms with E-state index in [0.29, 0.717) is 23.0 Å². The van der Waals surface area contributed by atoms with Gasteiger partial charge in [0.15, 0.2) is 11.6 Å². The lowest BCUT2D eigenvalue weighted by molar-refractivity contribution is 0.102. The van der Waals surface area contributed by atoms with Crippen LogP contribution in [0.4, 0.5) is 16.0 Å². The normalized spacial score (nSPS) is 10.3. The summed E-state index contributed by atoms with van der Waals surface area (Å²) in [5, 5.41) is 2.74. The molecule has 0 radical (unpaired) electrons. The van der Waals surface area contributed by atoms with Crippen molar-refractivity contribution < 1.29 is 13.9 Å². The highest BCUT2D eigenvalue weighted by Gasteiger charge is 2.15. The molecule has 23 heavy (non-hydrogen) atoms. The monoisotopic (exact) mass is 318 g/mol. The molecule has 122 valence electrons. The van der Waals surface area contributed by atoms with Gasteiger partial charge in [0, 0.05) is 19.7 Å².